The number of ether oxygens (including phenoxy) is 1. The topological polar surface area (TPSA) is 110 Å². The second kappa shape index (κ2) is 9.88. The first-order chi connectivity index (χ1) is 21.9. The van der Waals surface area contributed by atoms with Gasteiger partial charge in [-0.1, -0.05) is 53.6 Å². The molecule has 6 atom stereocenters. The standard InChI is InChI=1S/C35H38N2O7S2/c1-23-9-13-25(14-10-23)45(39,40)37-29-8-5-4-7-27(29)34-18-20-36-19-6-17-33(32(34)36)21-28(31(38)43-3)35(34,37)22-30(33)44-46(41,42)26-15-11-24(2)12-16-26/h4-5,7-16,28,30,32H,6,17-22H2,1-3H3/t28-,30-,32-,33-,34+,35+/m0/s1. The van der Waals surface area contributed by atoms with Gasteiger partial charge in [-0.15, -0.1) is 0 Å². The van der Waals surface area contributed by atoms with Gasteiger partial charge in [-0.25, -0.2) is 8.42 Å². The minimum Gasteiger partial charge on any atom is -0.469 e. The second-order valence-corrected chi connectivity index (χ2v) is 17.2. The van der Waals surface area contributed by atoms with Crippen molar-refractivity contribution in [3.05, 3.63) is 89.5 Å². The van der Waals surface area contributed by atoms with Crippen LogP contribution in [0.4, 0.5) is 5.69 Å². The van der Waals surface area contributed by atoms with E-state index in [2.05, 4.69) is 4.90 Å². The molecule has 3 aromatic carbocycles. The fourth-order valence-electron chi connectivity index (χ4n) is 10.3. The molecule has 0 aromatic heterocycles. The highest BCUT2D eigenvalue weighted by molar-refractivity contribution is 7.93. The zero-order valence-corrected chi connectivity index (χ0v) is 27.8. The van der Waals surface area contributed by atoms with Crippen molar-refractivity contribution in [2.75, 3.05) is 24.5 Å². The molecule has 9 nitrogen and oxygen atoms in total. The van der Waals surface area contributed by atoms with Crippen molar-refractivity contribution in [2.24, 2.45) is 11.3 Å². The molecule has 3 spiro atoms. The largest absolute Gasteiger partial charge is 0.469 e. The van der Waals surface area contributed by atoms with Crippen molar-refractivity contribution in [1.82, 2.24) is 4.90 Å². The number of benzene rings is 3. The van der Waals surface area contributed by atoms with E-state index >= 15 is 8.42 Å². The number of fused-ring (bicyclic) bond motifs is 3. The molecule has 242 valence electrons. The molecule has 3 heterocycles. The van der Waals surface area contributed by atoms with Gasteiger partial charge in [0, 0.05) is 23.3 Å². The maximum Gasteiger partial charge on any atom is 0.311 e. The number of carbonyl (C=O) groups excluding carboxylic acids is 1. The Morgan fingerprint density at radius 3 is 2.15 bits per heavy atom. The molecule has 46 heavy (non-hydrogen) atoms. The number of hydrogen-bond acceptors (Lipinski definition) is 8. The number of esters is 1. The summed E-state index contributed by atoms with van der Waals surface area (Å²) in [4.78, 5) is 16.7. The van der Waals surface area contributed by atoms with Crippen LogP contribution < -0.4 is 4.31 Å². The summed E-state index contributed by atoms with van der Waals surface area (Å²) in [6.45, 7) is 5.32. The Bertz CT molecular complexity index is 1960. The van der Waals surface area contributed by atoms with Crippen molar-refractivity contribution >= 4 is 31.8 Å². The van der Waals surface area contributed by atoms with Crippen molar-refractivity contribution < 1.29 is 30.6 Å². The molecule has 0 unspecified atom stereocenters. The molecule has 3 saturated carbocycles. The molecule has 5 fully saturated rings. The highest BCUT2D eigenvalue weighted by Crippen LogP contribution is 2.77. The second-order valence-electron chi connectivity index (χ2n) is 13.9. The van der Waals surface area contributed by atoms with Crippen LogP contribution in [-0.4, -0.2) is 65.6 Å². The number of hydrogen-bond donors (Lipinski definition) is 0. The van der Waals surface area contributed by atoms with E-state index in [9.17, 15) is 13.2 Å². The first kappa shape index (κ1) is 30.1. The number of carbonyl (C=O) groups is 1. The Balaban J connectivity index is 1.40. The molecule has 11 heteroatoms. The van der Waals surface area contributed by atoms with E-state index in [1.54, 1.807) is 48.5 Å². The lowest BCUT2D eigenvalue weighted by atomic mass is 9.38. The molecule has 3 aromatic rings. The fraction of sp³-hybridized carbons (Fsp3) is 0.457. The van der Waals surface area contributed by atoms with Crippen LogP contribution in [0, 0.1) is 25.2 Å². The fourth-order valence-corrected chi connectivity index (χ4v) is 13.4. The number of nitrogens with zero attached hydrogens (tertiary/aromatic N) is 2. The molecular formula is C35H38N2O7S2. The van der Waals surface area contributed by atoms with E-state index < -0.39 is 54.5 Å². The van der Waals surface area contributed by atoms with Crippen molar-refractivity contribution in [3.63, 3.8) is 0 Å². The number of aryl methyl sites for hydroxylation is 2. The summed E-state index contributed by atoms with van der Waals surface area (Å²) < 4.78 is 71.5. The Kier molecular flexibility index (Phi) is 6.47. The van der Waals surface area contributed by atoms with E-state index in [-0.39, 0.29) is 28.7 Å². The van der Waals surface area contributed by atoms with Gasteiger partial charge in [0.2, 0.25) is 0 Å². The van der Waals surface area contributed by atoms with Gasteiger partial charge in [-0.3, -0.25) is 18.2 Å². The average Bonchev–Trinajstić information content (AvgIpc) is 3.57. The lowest BCUT2D eigenvalue weighted by Crippen LogP contribution is -2.83. The Morgan fingerprint density at radius 1 is 0.826 bits per heavy atom. The normalized spacial score (nSPS) is 32.9. The molecular weight excluding hydrogens is 625 g/mol. The number of para-hydroxylation sites is 1. The third kappa shape index (κ3) is 3.65. The highest BCUT2D eigenvalue weighted by Gasteiger charge is 2.85. The van der Waals surface area contributed by atoms with Gasteiger partial charge in [-0.05, 0) is 88.5 Å². The molecule has 0 amide bonds. The summed E-state index contributed by atoms with van der Waals surface area (Å²) in [5.74, 6) is -1.31. The van der Waals surface area contributed by atoms with Crippen LogP contribution in [0.5, 0.6) is 0 Å². The van der Waals surface area contributed by atoms with E-state index in [4.69, 9.17) is 8.92 Å². The van der Waals surface area contributed by atoms with Gasteiger partial charge in [0.05, 0.1) is 40.1 Å². The third-order valence-electron chi connectivity index (χ3n) is 11.9. The van der Waals surface area contributed by atoms with Crippen LogP contribution in [0.3, 0.4) is 0 Å². The number of anilines is 1. The summed E-state index contributed by atoms with van der Waals surface area (Å²) >= 11 is 0. The SMILES string of the molecule is COC(=O)[C@@H]1C[C@@]23CCCN4CC[C@@]5(c6ccccc6N(S(=O)(=O)c6ccc(C)cc6)[C@]15C[C@@H]2OS(=O)(=O)c1ccc(C)cc1)[C@@H]43. The quantitative estimate of drug-likeness (QED) is 0.276. The van der Waals surface area contributed by atoms with Crippen molar-refractivity contribution in [1.29, 1.82) is 0 Å². The van der Waals surface area contributed by atoms with Gasteiger partial charge in [0.1, 0.15) is 0 Å². The molecule has 2 bridgehead atoms. The van der Waals surface area contributed by atoms with E-state index in [0.717, 1.165) is 29.7 Å². The average molecular weight is 663 g/mol. The lowest BCUT2D eigenvalue weighted by Gasteiger charge is -2.71. The van der Waals surface area contributed by atoms with Crippen molar-refractivity contribution in [3.8, 4) is 0 Å². The van der Waals surface area contributed by atoms with Gasteiger partial charge >= 0.3 is 5.97 Å². The molecule has 0 radical (unpaired) electrons. The maximum absolute atomic E-state index is 15.1. The van der Waals surface area contributed by atoms with E-state index in [0.29, 0.717) is 25.1 Å². The molecule has 9 rings (SSSR count). The first-order valence-electron chi connectivity index (χ1n) is 16.0. The minimum atomic E-state index is -4.25. The highest BCUT2D eigenvalue weighted by atomic mass is 32.2. The number of methoxy groups -OCH3 is 1. The number of rotatable bonds is 6. The first-order valence-corrected chi connectivity index (χ1v) is 18.8. The van der Waals surface area contributed by atoms with E-state index in [1.807, 2.05) is 38.1 Å². The van der Waals surface area contributed by atoms with Gasteiger partial charge in [-0.2, -0.15) is 8.42 Å². The number of sulfonamides is 1. The molecule has 3 aliphatic heterocycles. The van der Waals surface area contributed by atoms with Crippen LogP contribution in [0.25, 0.3) is 0 Å². The Morgan fingerprint density at radius 2 is 1.48 bits per heavy atom. The van der Waals surface area contributed by atoms with Gasteiger partial charge < -0.3 is 4.74 Å². The molecule has 0 N–H and O–H groups in total. The predicted octanol–water partition coefficient (Wildman–Crippen LogP) is 4.71. The Labute approximate surface area is 270 Å². The lowest BCUT2D eigenvalue weighted by molar-refractivity contribution is -0.200. The summed E-state index contributed by atoms with van der Waals surface area (Å²) in [6.07, 6.45) is 1.59. The number of piperidine rings is 1. The smallest absolute Gasteiger partial charge is 0.311 e. The summed E-state index contributed by atoms with van der Waals surface area (Å²) in [7, 11) is -7.13. The monoisotopic (exact) mass is 662 g/mol. The zero-order chi connectivity index (χ0) is 32.3. The van der Waals surface area contributed by atoms with E-state index in [1.165, 1.54) is 11.4 Å². The maximum atomic E-state index is 15.1. The van der Waals surface area contributed by atoms with Gasteiger partial charge in [0.25, 0.3) is 20.1 Å². The van der Waals surface area contributed by atoms with Crippen LogP contribution in [-0.2, 0) is 39.3 Å². The minimum absolute atomic E-state index is 0.0436. The van der Waals surface area contributed by atoms with Gasteiger partial charge in [0.15, 0.2) is 0 Å². The van der Waals surface area contributed by atoms with Crippen LogP contribution >= 0.6 is 0 Å². The summed E-state index contributed by atoms with van der Waals surface area (Å²) in [6, 6.07) is 20.7. The summed E-state index contributed by atoms with van der Waals surface area (Å²) in [5.41, 5.74) is 0.440. The molecule has 2 saturated heterocycles. The van der Waals surface area contributed by atoms with Crippen LogP contribution in [0.15, 0.2) is 82.6 Å². The zero-order valence-electron chi connectivity index (χ0n) is 26.2. The molecule has 6 aliphatic rings. The van der Waals surface area contributed by atoms with Crippen LogP contribution in [0.2, 0.25) is 0 Å². The Hall–Kier alpha value is -3.25. The molecule has 3 aliphatic carbocycles. The predicted molar refractivity (Wildman–Crippen MR) is 171 cm³/mol. The van der Waals surface area contributed by atoms with Crippen molar-refractivity contribution in [2.45, 2.75) is 78.8 Å². The third-order valence-corrected chi connectivity index (χ3v) is 15.1. The van der Waals surface area contributed by atoms with Crippen LogP contribution in [0.1, 0.15) is 48.8 Å². The summed E-state index contributed by atoms with van der Waals surface area (Å²) in [5, 5.41) is 0.